The molecule has 0 unspecified atom stereocenters. The van der Waals surface area contributed by atoms with Crippen molar-refractivity contribution in [2.45, 2.75) is 16.2 Å². The van der Waals surface area contributed by atoms with Gasteiger partial charge in [-0.3, -0.25) is 14.9 Å². The average molecular weight is 498 g/mol. The molecule has 170 valence electrons. The van der Waals surface area contributed by atoms with Gasteiger partial charge in [0.15, 0.2) is 4.34 Å². The summed E-state index contributed by atoms with van der Waals surface area (Å²) in [5, 5.41) is 32.4. The van der Waals surface area contributed by atoms with Crippen molar-refractivity contribution in [3.8, 4) is 12.1 Å². The first-order chi connectivity index (χ1) is 16.9. The number of nitriles is 2. The zero-order valence-electron chi connectivity index (χ0n) is 18.2. The zero-order chi connectivity index (χ0) is 24.9. The summed E-state index contributed by atoms with van der Waals surface area (Å²) in [5.41, 5.74) is 2.90. The second kappa shape index (κ2) is 10.2. The second-order valence-corrected chi connectivity index (χ2v) is 9.62. The van der Waals surface area contributed by atoms with E-state index in [1.54, 1.807) is 42.5 Å². The van der Waals surface area contributed by atoms with Gasteiger partial charge in [0.25, 0.3) is 11.6 Å². The number of hydrogen-bond acceptors (Lipinski definition) is 8. The number of rotatable bonds is 6. The summed E-state index contributed by atoms with van der Waals surface area (Å²) in [6, 6.07) is 20.7. The number of fused-ring (bicyclic) bond motifs is 1. The van der Waals surface area contributed by atoms with Crippen molar-refractivity contribution in [1.29, 1.82) is 10.5 Å². The third-order valence-electron chi connectivity index (χ3n) is 4.95. The number of aromatic nitrogens is 1. The largest absolute Gasteiger partial charge is 0.322 e. The molecule has 0 saturated carbocycles. The van der Waals surface area contributed by atoms with Crippen LogP contribution in [0.4, 0.5) is 11.4 Å². The minimum Gasteiger partial charge on any atom is -0.322 e. The predicted octanol–water partition coefficient (Wildman–Crippen LogP) is 6.35. The van der Waals surface area contributed by atoms with E-state index >= 15 is 0 Å². The third-order valence-corrected chi connectivity index (χ3v) is 7.09. The van der Waals surface area contributed by atoms with Crippen LogP contribution < -0.4 is 5.32 Å². The Morgan fingerprint density at radius 1 is 1.14 bits per heavy atom. The number of thiazole rings is 1. The van der Waals surface area contributed by atoms with Crippen LogP contribution >= 0.6 is 23.1 Å². The Hall–Kier alpha value is -4.51. The molecule has 1 N–H and O–H groups in total. The smallest absolute Gasteiger partial charge is 0.283 e. The van der Waals surface area contributed by atoms with Crippen LogP contribution in [0.1, 0.15) is 21.5 Å². The van der Waals surface area contributed by atoms with Crippen molar-refractivity contribution < 1.29 is 9.72 Å². The van der Waals surface area contributed by atoms with Gasteiger partial charge in [-0.2, -0.15) is 10.5 Å². The van der Waals surface area contributed by atoms with Crippen molar-refractivity contribution in [3.05, 3.63) is 93.0 Å². The number of nitro groups is 1. The van der Waals surface area contributed by atoms with E-state index in [1.807, 2.05) is 31.2 Å². The maximum Gasteiger partial charge on any atom is 0.283 e. The van der Waals surface area contributed by atoms with E-state index < -0.39 is 4.92 Å². The Labute approximate surface area is 208 Å². The molecule has 0 fully saturated rings. The lowest BCUT2D eigenvalue weighted by Crippen LogP contribution is -2.13. The lowest BCUT2D eigenvalue weighted by molar-refractivity contribution is -0.387. The number of carbonyl (C=O) groups excluding carboxylic acids is 1. The minimum atomic E-state index is -0.509. The molecule has 1 heterocycles. The summed E-state index contributed by atoms with van der Waals surface area (Å²) in [5.74, 6) is -0.206. The first kappa shape index (κ1) is 23.6. The van der Waals surface area contributed by atoms with Gasteiger partial charge in [-0.15, -0.1) is 11.3 Å². The van der Waals surface area contributed by atoms with E-state index in [0.29, 0.717) is 31.6 Å². The molecule has 0 aliphatic heterocycles. The van der Waals surface area contributed by atoms with E-state index in [9.17, 15) is 14.9 Å². The molecule has 0 saturated heterocycles. The molecule has 1 amide bonds. The fourth-order valence-corrected chi connectivity index (χ4v) is 5.40. The number of anilines is 1. The predicted molar refractivity (Wildman–Crippen MR) is 135 cm³/mol. The van der Waals surface area contributed by atoms with Crippen molar-refractivity contribution in [2.75, 3.05) is 5.32 Å². The number of hydrogen-bond donors (Lipinski definition) is 1. The first-order valence-electron chi connectivity index (χ1n) is 10.1. The van der Waals surface area contributed by atoms with Gasteiger partial charge in [-0.1, -0.05) is 36.0 Å². The summed E-state index contributed by atoms with van der Waals surface area (Å²) in [4.78, 5) is 28.7. The molecule has 0 radical (unpaired) electrons. The molecule has 35 heavy (non-hydrogen) atoms. The third kappa shape index (κ3) is 5.36. The van der Waals surface area contributed by atoms with Gasteiger partial charge in [0.05, 0.1) is 20.0 Å². The van der Waals surface area contributed by atoms with Gasteiger partial charge >= 0.3 is 0 Å². The van der Waals surface area contributed by atoms with Crippen LogP contribution in [-0.2, 0) is 0 Å². The number of nitro benzene ring substituents is 1. The molecular weight excluding hydrogens is 482 g/mol. The number of aryl methyl sites for hydroxylation is 1. The minimum absolute atomic E-state index is 0.142. The highest BCUT2D eigenvalue weighted by atomic mass is 32.2. The van der Waals surface area contributed by atoms with Crippen LogP contribution in [0, 0.1) is 39.7 Å². The van der Waals surface area contributed by atoms with Crippen LogP contribution in [0.15, 0.2) is 75.5 Å². The summed E-state index contributed by atoms with van der Waals surface area (Å²) in [7, 11) is 0. The molecule has 0 bridgehead atoms. The summed E-state index contributed by atoms with van der Waals surface area (Å²) < 4.78 is 1.42. The molecule has 3 aromatic carbocycles. The van der Waals surface area contributed by atoms with E-state index in [0.717, 1.165) is 22.0 Å². The maximum atomic E-state index is 12.6. The average Bonchev–Trinajstić information content (AvgIpc) is 3.25. The monoisotopic (exact) mass is 497 g/mol. The maximum absolute atomic E-state index is 12.6. The number of nitrogens with zero attached hydrogens (tertiary/aromatic N) is 4. The normalized spacial score (nSPS) is 10.3. The quantitative estimate of drug-likeness (QED) is 0.186. The highest BCUT2D eigenvalue weighted by molar-refractivity contribution is 8.01. The number of nitrogens with one attached hydrogen (secondary N) is 1. The standard InChI is InChI=1S/C25H15N5O3S2/c1-15-4-2-3-5-19(15)24(31)28-18-7-8-20-23(12-18)35-25(29-20)34-22-9-6-16(10-17(13-26)14-27)11-21(22)30(32)33/h2-12H,1H3,(H,28,31). The van der Waals surface area contributed by atoms with Crippen LogP contribution in [0.3, 0.4) is 0 Å². The Bertz CT molecular complexity index is 1580. The Kier molecular flexibility index (Phi) is 6.88. The molecule has 4 rings (SSSR count). The summed E-state index contributed by atoms with van der Waals surface area (Å²) in [6.07, 6.45) is 1.30. The first-order valence-corrected chi connectivity index (χ1v) is 11.8. The number of benzene rings is 3. The van der Waals surface area contributed by atoms with Crippen LogP contribution in [0.2, 0.25) is 0 Å². The lowest BCUT2D eigenvalue weighted by atomic mass is 10.1. The van der Waals surface area contributed by atoms with E-state index in [4.69, 9.17) is 10.5 Å². The fraction of sp³-hybridized carbons (Fsp3) is 0.0400. The number of allylic oxidation sites excluding steroid dienone is 1. The molecular formula is C25H15N5O3S2. The SMILES string of the molecule is Cc1ccccc1C(=O)Nc1ccc2nc(Sc3ccc(C=C(C#N)C#N)cc3[N+](=O)[O-])sc2c1. The van der Waals surface area contributed by atoms with Crippen LogP contribution in [-0.4, -0.2) is 15.8 Å². The summed E-state index contributed by atoms with van der Waals surface area (Å²) in [6.45, 7) is 1.87. The van der Waals surface area contributed by atoms with Gasteiger partial charge in [0.1, 0.15) is 17.7 Å². The number of carbonyl (C=O) groups is 1. The van der Waals surface area contributed by atoms with E-state index in [-0.39, 0.29) is 17.2 Å². The van der Waals surface area contributed by atoms with Gasteiger partial charge in [0.2, 0.25) is 0 Å². The molecule has 10 heteroatoms. The zero-order valence-corrected chi connectivity index (χ0v) is 19.8. The van der Waals surface area contributed by atoms with Gasteiger partial charge in [-0.05, 0) is 54.5 Å². The fourth-order valence-electron chi connectivity index (χ4n) is 3.25. The van der Waals surface area contributed by atoms with Crippen LogP contribution in [0.25, 0.3) is 16.3 Å². The lowest BCUT2D eigenvalue weighted by Gasteiger charge is -2.07. The molecule has 8 nitrogen and oxygen atoms in total. The molecule has 4 aromatic rings. The molecule has 0 atom stereocenters. The van der Waals surface area contributed by atoms with Crippen molar-refractivity contribution in [2.24, 2.45) is 0 Å². The van der Waals surface area contributed by atoms with Gasteiger partial charge < -0.3 is 5.32 Å². The van der Waals surface area contributed by atoms with Crippen molar-refractivity contribution >= 4 is 56.7 Å². The van der Waals surface area contributed by atoms with E-state index in [2.05, 4.69) is 10.3 Å². The van der Waals surface area contributed by atoms with Gasteiger partial charge in [-0.25, -0.2) is 4.98 Å². The number of amides is 1. The van der Waals surface area contributed by atoms with Crippen LogP contribution in [0.5, 0.6) is 0 Å². The van der Waals surface area contributed by atoms with Crippen molar-refractivity contribution in [1.82, 2.24) is 4.98 Å². The highest BCUT2D eigenvalue weighted by Crippen LogP contribution is 2.39. The van der Waals surface area contributed by atoms with E-state index in [1.165, 1.54) is 23.5 Å². The molecule has 1 aromatic heterocycles. The van der Waals surface area contributed by atoms with Crippen molar-refractivity contribution in [3.63, 3.8) is 0 Å². The Morgan fingerprint density at radius 2 is 1.91 bits per heavy atom. The highest BCUT2D eigenvalue weighted by Gasteiger charge is 2.18. The Balaban J connectivity index is 1.59. The second-order valence-electron chi connectivity index (χ2n) is 7.30. The summed E-state index contributed by atoms with van der Waals surface area (Å²) >= 11 is 2.51. The molecule has 0 aliphatic rings. The Morgan fingerprint density at radius 3 is 2.63 bits per heavy atom. The molecule has 0 aliphatic carbocycles. The molecule has 0 spiro atoms. The topological polar surface area (TPSA) is 133 Å². The van der Waals surface area contributed by atoms with Gasteiger partial charge in [0, 0.05) is 17.3 Å².